The van der Waals surface area contributed by atoms with Crippen LogP contribution in [-0.4, -0.2) is 47.6 Å². The summed E-state index contributed by atoms with van der Waals surface area (Å²) in [6, 6.07) is 3.99. The van der Waals surface area contributed by atoms with E-state index in [1.165, 1.54) is 5.01 Å². The lowest BCUT2D eigenvalue weighted by atomic mass is 9.95. The molecule has 8 heteroatoms. The highest BCUT2D eigenvalue weighted by molar-refractivity contribution is 5.98. The van der Waals surface area contributed by atoms with Gasteiger partial charge in [0.25, 0.3) is 5.91 Å². The second kappa shape index (κ2) is 12.0. The monoisotopic (exact) mass is 506 g/mol. The van der Waals surface area contributed by atoms with E-state index in [1.54, 1.807) is 33.7 Å². The number of amides is 2. The molecule has 0 saturated heterocycles. The van der Waals surface area contributed by atoms with Crippen LogP contribution in [0, 0.1) is 13.8 Å². The second-order valence-electron chi connectivity index (χ2n) is 9.71. The van der Waals surface area contributed by atoms with Gasteiger partial charge in [0.1, 0.15) is 11.5 Å². The molecule has 1 aromatic carbocycles. The molecular formula is C29H38N4O4. The molecule has 0 unspecified atom stereocenters. The number of nitrogens with one attached hydrogen (secondary N) is 1. The smallest absolute Gasteiger partial charge is 0.269 e. The third-order valence-electron chi connectivity index (χ3n) is 6.66. The number of carbonyl (C=O) groups excluding carboxylic acids is 2. The number of hydrogen-bond donors (Lipinski definition) is 1. The molecule has 2 amide bonds. The van der Waals surface area contributed by atoms with Gasteiger partial charge < -0.3 is 14.0 Å². The number of aryl methyl sites for hydroxylation is 2. The van der Waals surface area contributed by atoms with Gasteiger partial charge in [-0.05, 0) is 68.0 Å². The van der Waals surface area contributed by atoms with Crippen molar-refractivity contribution in [3.05, 3.63) is 76.1 Å². The van der Waals surface area contributed by atoms with E-state index in [0.29, 0.717) is 18.4 Å². The predicted octanol–water partition coefficient (Wildman–Crippen LogP) is 4.85. The van der Waals surface area contributed by atoms with E-state index < -0.39 is 0 Å². The molecule has 0 fully saturated rings. The Morgan fingerprint density at radius 2 is 1.84 bits per heavy atom. The highest BCUT2D eigenvalue weighted by Crippen LogP contribution is 2.30. The highest BCUT2D eigenvalue weighted by Gasteiger charge is 2.20. The van der Waals surface area contributed by atoms with Gasteiger partial charge in [-0.1, -0.05) is 25.5 Å². The van der Waals surface area contributed by atoms with Crippen LogP contribution < -0.4 is 10.2 Å². The van der Waals surface area contributed by atoms with Gasteiger partial charge >= 0.3 is 0 Å². The summed E-state index contributed by atoms with van der Waals surface area (Å²) in [4.78, 5) is 30.6. The third-order valence-corrected chi connectivity index (χ3v) is 6.66. The van der Waals surface area contributed by atoms with Crippen LogP contribution in [0.4, 0.5) is 0 Å². The van der Waals surface area contributed by atoms with Gasteiger partial charge in [-0.3, -0.25) is 20.0 Å². The number of likely N-dealkylation sites (N-methyl/N-ethyl adjacent to an activating group) is 1. The first-order valence-corrected chi connectivity index (χ1v) is 12.5. The highest BCUT2D eigenvalue weighted by atomic mass is 16.5. The zero-order chi connectivity index (χ0) is 27.3. The summed E-state index contributed by atoms with van der Waals surface area (Å²) in [6.45, 7) is 9.99. The van der Waals surface area contributed by atoms with Crippen LogP contribution >= 0.6 is 0 Å². The van der Waals surface area contributed by atoms with E-state index in [2.05, 4.69) is 24.3 Å². The minimum absolute atomic E-state index is 0.171. The van der Waals surface area contributed by atoms with Crippen molar-refractivity contribution in [2.45, 2.75) is 59.8 Å². The minimum Gasteiger partial charge on any atom is -0.499 e. The molecule has 1 aromatic heterocycles. The quantitative estimate of drug-likeness (QED) is 0.543. The number of allylic oxidation sites excluding steroid dienone is 4. The molecule has 2 aromatic rings. The fourth-order valence-corrected chi connectivity index (χ4v) is 4.34. The number of benzene rings is 1. The molecule has 1 N–H and O–H groups in total. The van der Waals surface area contributed by atoms with Crippen LogP contribution in [0.5, 0.6) is 5.75 Å². The summed E-state index contributed by atoms with van der Waals surface area (Å²) in [5.41, 5.74) is 8.83. The Bertz CT molecular complexity index is 1270. The predicted molar refractivity (Wildman–Crippen MR) is 145 cm³/mol. The van der Waals surface area contributed by atoms with Crippen molar-refractivity contribution < 1.29 is 19.1 Å². The molecule has 0 radical (unpaired) electrons. The van der Waals surface area contributed by atoms with Gasteiger partial charge in [0.05, 0.1) is 38.4 Å². The average Bonchev–Trinajstić information content (AvgIpc) is 3.27. The van der Waals surface area contributed by atoms with Crippen molar-refractivity contribution in [2.24, 2.45) is 0 Å². The zero-order valence-electron chi connectivity index (χ0n) is 23.1. The molecule has 0 aliphatic heterocycles. The van der Waals surface area contributed by atoms with E-state index in [0.717, 1.165) is 45.2 Å². The van der Waals surface area contributed by atoms with Gasteiger partial charge in [-0.25, -0.2) is 4.98 Å². The van der Waals surface area contributed by atoms with E-state index >= 15 is 0 Å². The van der Waals surface area contributed by atoms with Crippen LogP contribution in [0.2, 0.25) is 0 Å². The Morgan fingerprint density at radius 1 is 1.11 bits per heavy atom. The third kappa shape index (κ3) is 6.50. The lowest BCUT2D eigenvalue weighted by Crippen LogP contribution is -2.44. The molecule has 198 valence electrons. The number of imidazole rings is 1. The van der Waals surface area contributed by atoms with Crippen molar-refractivity contribution in [2.75, 3.05) is 21.3 Å². The minimum atomic E-state index is -0.332. The number of nitrogens with zero attached hydrogens (tertiary/aromatic N) is 3. The molecule has 0 bridgehead atoms. The molecular weight excluding hydrogens is 468 g/mol. The summed E-state index contributed by atoms with van der Waals surface area (Å²) >= 11 is 0. The molecule has 1 aliphatic carbocycles. The van der Waals surface area contributed by atoms with Crippen molar-refractivity contribution >= 4 is 17.5 Å². The number of carbonyl (C=O) groups is 2. The van der Waals surface area contributed by atoms with Crippen LogP contribution in [-0.2, 0) is 20.7 Å². The lowest BCUT2D eigenvalue weighted by molar-refractivity contribution is -0.137. The van der Waals surface area contributed by atoms with Gasteiger partial charge in [0.15, 0.2) is 0 Å². The second-order valence-corrected chi connectivity index (χ2v) is 9.71. The number of aromatic nitrogens is 2. The fraction of sp³-hybridized carbons (Fsp3) is 0.414. The molecule has 8 nitrogen and oxygen atoms in total. The SMILES string of the molecule is COC1=C(n2cnc(C)c2)C=CC(C(=O)NN(C)C(=O)Cc2cc(C(C)C)c(OC)cc2C)=C(C)CC1. The van der Waals surface area contributed by atoms with Crippen LogP contribution in [0.25, 0.3) is 5.70 Å². The van der Waals surface area contributed by atoms with Crippen molar-refractivity contribution in [3.63, 3.8) is 0 Å². The average molecular weight is 507 g/mol. The Labute approximate surface area is 219 Å². The number of methoxy groups -OCH3 is 2. The molecule has 0 spiro atoms. The Morgan fingerprint density at radius 3 is 2.43 bits per heavy atom. The first-order valence-electron chi connectivity index (χ1n) is 12.5. The summed E-state index contributed by atoms with van der Waals surface area (Å²) < 4.78 is 13.0. The van der Waals surface area contributed by atoms with Gasteiger partial charge in [0.2, 0.25) is 5.91 Å². The molecule has 1 heterocycles. The fourth-order valence-electron chi connectivity index (χ4n) is 4.34. The number of hydrazine groups is 1. The van der Waals surface area contributed by atoms with Crippen LogP contribution in [0.3, 0.4) is 0 Å². The number of ether oxygens (including phenoxy) is 2. The Kier molecular flexibility index (Phi) is 8.97. The van der Waals surface area contributed by atoms with Gasteiger partial charge in [-0.15, -0.1) is 0 Å². The van der Waals surface area contributed by atoms with E-state index in [1.807, 2.05) is 49.7 Å². The lowest BCUT2D eigenvalue weighted by Gasteiger charge is -2.22. The Hall–Kier alpha value is -3.81. The first-order chi connectivity index (χ1) is 17.5. The maximum absolute atomic E-state index is 13.2. The van der Waals surface area contributed by atoms with Crippen molar-refractivity contribution in [1.82, 2.24) is 20.0 Å². The number of hydrogen-bond acceptors (Lipinski definition) is 5. The summed E-state index contributed by atoms with van der Waals surface area (Å²) in [5.74, 6) is 1.35. The van der Waals surface area contributed by atoms with E-state index in [4.69, 9.17) is 9.47 Å². The zero-order valence-corrected chi connectivity index (χ0v) is 23.1. The topological polar surface area (TPSA) is 85.7 Å². The summed E-state index contributed by atoms with van der Waals surface area (Å²) in [7, 11) is 4.88. The first kappa shape index (κ1) is 27.8. The van der Waals surface area contributed by atoms with Gasteiger partial charge in [0, 0.05) is 25.2 Å². The molecule has 0 atom stereocenters. The molecule has 37 heavy (non-hydrogen) atoms. The molecule has 1 aliphatic rings. The summed E-state index contributed by atoms with van der Waals surface area (Å²) in [5, 5.41) is 1.27. The van der Waals surface area contributed by atoms with Crippen molar-refractivity contribution in [1.29, 1.82) is 0 Å². The summed E-state index contributed by atoms with van der Waals surface area (Å²) in [6.07, 6.45) is 8.72. The maximum atomic E-state index is 13.2. The Balaban J connectivity index is 1.77. The van der Waals surface area contributed by atoms with Crippen LogP contribution in [0.1, 0.15) is 61.9 Å². The standard InChI is InChI=1S/C29H38N4O4/c1-18(2)24-14-22(20(4)13-27(24)37-8)15-28(34)32(6)31-29(35)23-10-11-25(33-16-21(5)30-17-33)26(36-7)12-9-19(23)3/h10-11,13-14,16-18H,9,12,15H2,1-8H3,(H,31,35). The van der Waals surface area contributed by atoms with E-state index in [9.17, 15) is 9.59 Å². The van der Waals surface area contributed by atoms with E-state index in [-0.39, 0.29) is 24.2 Å². The molecule has 3 rings (SSSR count). The van der Waals surface area contributed by atoms with Crippen LogP contribution in [0.15, 0.2) is 53.7 Å². The molecule has 0 saturated carbocycles. The largest absolute Gasteiger partial charge is 0.499 e. The van der Waals surface area contributed by atoms with Crippen molar-refractivity contribution in [3.8, 4) is 5.75 Å². The normalized spacial score (nSPS) is 14.0. The maximum Gasteiger partial charge on any atom is 0.269 e. The van der Waals surface area contributed by atoms with Gasteiger partial charge in [-0.2, -0.15) is 0 Å². The number of rotatable bonds is 7.